The van der Waals surface area contributed by atoms with Gasteiger partial charge in [-0.3, -0.25) is 4.79 Å². The Kier molecular flexibility index (Phi) is 8.79. The highest BCUT2D eigenvalue weighted by molar-refractivity contribution is 5.99. The standard InChI is InChI=1S/C23H35NO/c1-3-4-5-6-7-8-9-10-11-12-13-18-23(25)22-19-20-16-14-15-17-21(20)24(22)2/h14-17,19H,3-13,18H2,1-2H3. The first-order valence-corrected chi connectivity index (χ1v) is 10.3. The SMILES string of the molecule is CCCCCCCCCCCCCC(=O)c1cc2ccccc2n1C. The van der Waals surface area contributed by atoms with E-state index in [4.69, 9.17) is 0 Å². The van der Waals surface area contributed by atoms with Crippen LogP contribution in [0.25, 0.3) is 10.9 Å². The first-order chi connectivity index (χ1) is 12.2. The number of para-hydroxylation sites is 1. The topological polar surface area (TPSA) is 22.0 Å². The second-order valence-corrected chi connectivity index (χ2v) is 7.36. The number of ketones is 1. The van der Waals surface area contributed by atoms with Gasteiger partial charge in [-0.05, 0) is 18.6 Å². The Labute approximate surface area is 153 Å². The maximum absolute atomic E-state index is 12.5. The number of fused-ring (bicyclic) bond motifs is 1. The van der Waals surface area contributed by atoms with E-state index in [0.717, 1.165) is 23.0 Å². The largest absolute Gasteiger partial charge is 0.341 e. The van der Waals surface area contributed by atoms with E-state index in [0.29, 0.717) is 6.42 Å². The summed E-state index contributed by atoms with van der Waals surface area (Å²) >= 11 is 0. The van der Waals surface area contributed by atoms with Gasteiger partial charge in [-0.25, -0.2) is 0 Å². The Morgan fingerprint density at radius 1 is 0.840 bits per heavy atom. The Hall–Kier alpha value is -1.57. The number of carbonyl (C=O) groups excluding carboxylic acids is 1. The quantitative estimate of drug-likeness (QED) is 0.282. The van der Waals surface area contributed by atoms with Crippen molar-refractivity contribution in [3.8, 4) is 0 Å². The molecule has 25 heavy (non-hydrogen) atoms. The van der Waals surface area contributed by atoms with Gasteiger partial charge in [0.15, 0.2) is 5.78 Å². The first kappa shape index (κ1) is 19.8. The van der Waals surface area contributed by atoms with Crippen LogP contribution >= 0.6 is 0 Å². The molecule has 0 aliphatic carbocycles. The van der Waals surface area contributed by atoms with Crippen LogP contribution in [0.15, 0.2) is 30.3 Å². The van der Waals surface area contributed by atoms with Gasteiger partial charge < -0.3 is 4.57 Å². The van der Waals surface area contributed by atoms with Crippen molar-refractivity contribution in [2.24, 2.45) is 7.05 Å². The summed E-state index contributed by atoms with van der Waals surface area (Å²) < 4.78 is 2.04. The summed E-state index contributed by atoms with van der Waals surface area (Å²) in [7, 11) is 2.00. The number of aryl methyl sites for hydroxylation is 1. The molecule has 0 saturated carbocycles. The van der Waals surface area contributed by atoms with Crippen molar-refractivity contribution in [3.63, 3.8) is 0 Å². The Balaban J connectivity index is 1.57. The number of hydrogen-bond acceptors (Lipinski definition) is 1. The molecule has 2 heteroatoms. The molecule has 1 heterocycles. The van der Waals surface area contributed by atoms with Gasteiger partial charge >= 0.3 is 0 Å². The molecule has 0 aliphatic heterocycles. The number of Topliss-reactive ketones (excluding diaryl/α,β-unsaturated/α-hetero) is 1. The molecule has 0 radical (unpaired) electrons. The van der Waals surface area contributed by atoms with E-state index in [1.165, 1.54) is 64.2 Å². The lowest BCUT2D eigenvalue weighted by Crippen LogP contribution is -2.05. The zero-order valence-electron chi connectivity index (χ0n) is 16.2. The molecule has 0 N–H and O–H groups in total. The third-order valence-corrected chi connectivity index (χ3v) is 5.24. The van der Waals surface area contributed by atoms with E-state index in [1.807, 2.05) is 29.8 Å². The Morgan fingerprint density at radius 3 is 2.00 bits per heavy atom. The molecule has 0 saturated heterocycles. The van der Waals surface area contributed by atoms with E-state index in [1.54, 1.807) is 0 Å². The predicted molar refractivity (Wildman–Crippen MR) is 108 cm³/mol. The molecule has 2 nitrogen and oxygen atoms in total. The van der Waals surface area contributed by atoms with Gasteiger partial charge in [0.05, 0.1) is 5.69 Å². The minimum Gasteiger partial charge on any atom is -0.341 e. The summed E-state index contributed by atoms with van der Waals surface area (Å²) in [6, 6.07) is 10.2. The fourth-order valence-electron chi connectivity index (χ4n) is 3.63. The number of nitrogens with zero attached hydrogens (tertiary/aromatic N) is 1. The average Bonchev–Trinajstić information content (AvgIpc) is 2.97. The monoisotopic (exact) mass is 341 g/mol. The summed E-state index contributed by atoms with van der Waals surface area (Å²) in [4.78, 5) is 12.5. The molecule has 2 rings (SSSR count). The highest BCUT2D eigenvalue weighted by Crippen LogP contribution is 2.20. The minimum absolute atomic E-state index is 0.287. The van der Waals surface area contributed by atoms with Gasteiger partial charge in [0.2, 0.25) is 0 Å². The van der Waals surface area contributed by atoms with Crippen LogP contribution in [0.3, 0.4) is 0 Å². The van der Waals surface area contributed by atoms with Gasteiger partial charge in [-0.1, -0.05) is 89.3 Å². The molecule has 0 unspecified atom stereocenters. The second kappa shape index (κ2) is 11.1. The molecule has 138 valence electrons. The van der Waals surface area contributed by atoms with Crippen molar-refractivity contribution in [3.05, 3.63) is 36.0 Å². The minimum atomic E-state index is 0.287. The molecule has 2 aromatic rings. The number of aromatic nitrogens is 1. The number of rotatable bonds is 13. The molecule has 0 bridgehead atoms. The molecule has 0 aliphatic rings. The van der Waals surface area contributed by atoms with Gasteiger partial charge in [-0.2, -0.15) is 0 Å². The molecule has 0 atom stereocenters. The van der Waals surface area contributed by atoms with Crippen molar-refractivity contribution in [1.29, 1.82) is 0 Å². The predicted octanol–water partition coefficient (Wildman–Crippen LogP) is 7.06. The lowest BCUT2D eigenvalue weighted by molar-refractivity contribution is 0.0971. The van der Waals surface area contributed by atoms with Crippen LogP contribution in [0.4, 0.5) is 0 Å². The lowest BCUT2D eigenvalue weighted by Gasteiger charge is -2.04. The number of carbonyl (C=O) groups is 1. The molecule has 1 aromatic heterocycles. The van der Waals surface area contributed by atoms with Gasteiger partial charge in [0.25, 0.3) is 0 Å². The zero-order chi connectivity index (χ0) is 17.9. The molecular weight excluding hydrogens is 306 g/mol. The van der Waals surface area contributed by atoms with Gasteiger partial charge in [0, 0.05) is 24.4 Å². The van der Waals surface area contributed by atoms with Crippen LogP contribution in [0, 0.1) is 0 Å². The van der Waals surface area contributed by atoms with Gasteiger partial charge in [-0.15, -0.1) is 0 Å². The number of unbranched alkanes of at least 4 members (excludes halogenated alkanes) is 10. The van der Waals surface area contributed by atoms with E-state index in [-0.39, 0.29) is 5.78 Å². The summed E-state index contributed by atoms with van der Waals surface area (Å²) in [6.45, 7) is 2.27. The number of hydrogen-bond donors (Lipinski definition) is 0. The van der Waals surface area contributed by atoms with Crippen molar-refractivity contribution in [2.45, 2.75) is 84.0 Å². The van der Waals surface area contributed by atoms with Crippen LogP contribution in [-0.2, 0) is 7.05 Å². The van der Waals surface area contributed by atoms with Crippen LogP contribution in [0.5, 0.6) is 0 Å². The maximum atomic E-state index is 12.5. The molecule has 1 aromatic carbocycles. The van der Waals surface area contributed by atoms with E-state index >= 15 is 0 Å². The first-order valence-electron chi connectivity index (χ1n) is 10.3. The Morgan fingerprint density at radius 2 is 1.40 bits per heavy atom. The summed E-state index contributed by atoms with van der Waals surface area (Å²) in [6.07, 6.45) is 15.2. The second-order valence-electron chi connectivity index (χ2n) is 7.36. The Bertz CT molecular complexity index is 641. The molecule has 0 spiro atoms. The maximum Gasteiger partial charge on any atom is 0.179 e. The molecular formula is C23H35NO. The highest BCUT2D eigenvalue weighted by atomic mass is 16.1. The molecule has 0 fully saturated rings. The molecule has 0 amide bonds. The van der Waals surface area contributed by atoms with Crippen LogP contribution in [0.1, 0.15) is 94.5 Å². The van der Waals surface area contributed by atoms with Crippen LogP contribution in [-0.4, -0.2) is 10.4 Å². The third-order valence-electron chi connectivity index (χ3n) is 5.24. The lowest BCUT2D eigenvalue weighted by atomic mass is 10.0. The fourth-order valence-corrected chi connectivity index (χ4v) is 3.63. The number of benzene rings is 1. The van der Waals surface area contributed by atoms with Crippen LogP contribution in [0.2, 0.25) is 0 Å². The average molecular weight is 342 g/mol. The fraction of sp³-hybridized carbons (Fsp3) is 0.609. The summed E-state index contributed by atoms with van der Waals surface area (Å²) in [5.74, 6) is 0.287. The summed E-state index contributed by atoms with van der Waals surface area (Å²) in [5.41, 5.74) is 2.00. The van der Waals surface area contributed by atoms with Crippen molar-refractivity contribution in [1.82, 2.24) is 4.57 Å². The smallest absolute Gasteiger partial charge is 0.179 e. The summed E-state index contributed by atoms with van der Waals surface area (Å²) in [5, 5.41) is 1.16. The normalized spacial score (nSPS) is 11.3. The van der Waals surface area contributed by atoms with Crippen molar-refractivity contribution in [2.75, 3.05) is 0 Å². The van der Waals surface area contributed by atoms with E-state index in [2.05, 4.69) is 19.1 Å². The zero-order valence-corrected chi connectivity index (χ0v) is 16.2. The van der Waals surface area contributed by atoms with E-state index < -0.39 is 0 Å². The van der Waals surface area contributed by atoms with Gasteiger partial charge in [0.1, 0.15) is 0 Å². The highest BCUT2D eigenvalue weighted by Gasteiger charge is 2.12. The third kappa shape index (κ3) is 6.34. The van der Waals surface area contributed by atoms with Crippen molar-refractivity contribution < 1.29 is 4.79 Å². The van der Waals surface area contributed by atoms with Crippen molar-refractivity contribution >= 4 is 16.7 Å². The van der Waals surface area contributed by atoms with E-state index in [9.17, 15) is 4.79 Å². The van der Waals surface area contributed by atoms with Crippen LogP contribution < -0.4 is 0 Å².